The molecular weight excluding hydrogens is 310 g/mol. The van der Waals surface area contributed by atoms with E-state index in [0.717, 1.165) is 23.3 Å². The molecule has 4 atom stereocenters. The number of hydrogen-bond acceptors (Lipinski definition) is 3. The molecule has 2 bridgehead atoms. The van der Waals surface area contributed by atoms with Gasteiger partial charge < -0.3 is 9.88 Å². The fourth-order valence-electron chi connectivity index (χ4n) is 5.20. The number of H-pyrrole nitrogens is 1. The molecule has 5 heteroatoms. The minimum atomic E-state index is 0.613. The molecule has 2 saturated heterocycles. The van der Waals surface area contributed by atoms with Gasteiger partial charge in [-0.25, -0.2) is 4.98 Å². The van der Waals surface area contributed by atoms with Crippen molar-refractivity contribution in [3.8, 4) is 11.1 Å². The Morgan fingerprint density at radius 2 is 2.08 bits per heavy atom. The average molecular weight is 335 g/mol. The van der Waals surface area contributed by atoms with E-state index < -0.39 is 0 Å². The van der Waals surface area contributed by atoms with Gasteiger partial charge in [-0.15, -0.1) is 0 Å². The first-order chi connectivity index (χ1) is 12.1. The number of nitrogens with one attached hydrogen (secondary N) is 1. The van der Waals surface area contributed by atoms with Gasteiger partial charge in [0.2, 0.25) is 0 Å². The zero-order valence-electron chi connectivity index (χ0n) is 15.1. The van der Waals surface area contributed by atoms with Crippen LogP contribution >= 0.6 is 0 Å². The number of pyridine rings is 1. The maximum Gasteiger partial charge on any atom is 0.137 e. The number of hydrogen-bond donors (Lipinski definition) is 1. The first-order valence-corrected chi connectivity index (χ1v) is 9.30. The van der Waals surface area contributed by atoms with Crippen LogP contribution in [0.15, 0.2) is 30.9 Å². The van der Waals surface area contributed by atoms with Gasteiger partial charge in [-0.2, -0.15) is 5.10 Å². The second kappa shape index (κ2) is 5.43. The topological polar surface area (TPSA) is 49.7 Å². The van der Waals surface area contributed by atoms with Crippen molar-refractivity contribution >= 4 is 11.0 Å². The highest BCUT2D eigenvalue weighted by Gasteiger charge is 2.43. The molecule has 5 rings (SSSR count). The number of aromatic nitrogens is 4. The lowest BCUT2D eigenvalue weighted by atomic mass is 9.77. The van der Waals surface area contributed by atoms with Gasteiger partial charge >= 0.3 is 0 Å². The molecule has 1 N–H and O–H groups in total. The second-order valence-corrected chi connectivity index (χ2v) is 7.94. The Bertz CT molecular complexity index is 923. The van der Waals surface area contributed by atoms with Crippen LogP contribution in [-0.4, -0.2) is 43.8 Å². The molecule has 0 amide bonds. The van der Waals surface area contributed by atoms with E-state index in [1.807, 2.05) is 17.9 Å². The highest BCUT2D eigenvalue weighted by molar-refractivity contribution is 5.93. The van der Waals surface area contributed by atoms with E-state index in [1.165, 1.54) is 35.8 Å². The van der Waals surface area contributed by atoms with Gasteiger partial charge in [0.05, 0.1) is 6.20 Å². The predicted molar refractivity (Wildman–Crippen MR) is 99.4 cm³/mol. The van der Waals surface area contributed by atoms with Crippen molar-refractivity contribution in [1.29, 1.82) is 0 Å². The van der Waals surface area contributed by atoms with Crippen LogP contribution < -0.4 is 0 Å². The molecule has 25 heavy (non-hydrogen) atoms. The molecule has 0 aliphatic carbocycles. The maximum atomic E-state index is 4.74. The van der Waals surface area contributed by atoms with Crippen LogP contribution in [0.5, 0.6) is 0 Å². The first-order valence-electron chi connectivity index (χ1n) is 9.30. The largest absolute Gasteiger partial charge is 0.346 e. The summed E-state index contributed by atoms with van der Waals surface area (Å²) in [5.41, 5.74) is 4.70. The van der Waals surface area contributed by atoms with Crippen LogP contribution in [0, 0.1) is 5.92 Å². The zero-order valence-corrected chi connectivity index (χ0v) is 15.1. The molecule has 3 aromatic rings. The van der Waals surface area contributed by atoms with E-state index in [9.17, 15) is 0 Å². The molecule has 0 aromatic carbocycles. The van der Waals surface area contributed by atoms with Crippen LogP contribution in [0.4, 0.5) is 0 Å². The monoisotopic (exact) mass is 335 g/mol. The van der Waals surface area contributed by atoms with Crippen molar-refractivity contribution in [2.24, 2.45) is 13.0 Å². The Morgan fingerprint density at radius 1 is 1.20 bits per heavy atom. The van der Waals surface area contributed by atoms with Gasteiger partial charge in [0.25, 0.3) is 0 Å². The normalized spacial score (nSPS) is 29.6. The molecule has 2 fully saturated rings. The Labute approximate surface area is 148 Å². The van der Waals surface area contributed by atoms with E-state index >= 15 is 0 Å². The van der Waals surface area contributed by atoms with E-state index in [-0.39, 0.29) is 0 Å². The Hall–Kier alpha value is -2.14. The van der Waals surface area contributed by atoms with Crippen LogP contribution in [0.25, 0.3) is 22.2 Å². The summed E-state index contributed by atoms with van der Waals surface area (Å²) in [7, 11) is 4.27. The van der Waals surface area contributed by atoms with Gasteiger partial charge in [0.1, 0.15) is 5.65 Å². The zero-order chi connectivity index (χ0) is 17.1. The van der Waals surface area contributed by atoms with Crippen LogP contribution in [0.3, 0.4) is 0 Å². The van der Waals surface area contributed by atoms with Crippen LogP contribution in [0.1, 0.15) is 37.7 Å². The Balaban J connectivity index is 1.56. The number of fused-ring (bicyclic) bond motifs is 3. The number of aromatic amines is 1. The molecule has 2 aliphatic heterocycles. The molecule has 130 valence electrons. The van der Waals surface area contributed by atoms with E-state index in [4.69, 9.17) is 4.98 Å². The van der Waals surface area contributed by atoms with Gasteiger partial charge in [0, 0.05) is 54.2 Å². The quantitative estimate of drug-likeness (QED) is 0.779. The third-order valence-corrected chi connectivity index (χ3v) is 6.66. The number of rotatable bonds is 2. The summed E-state index contributed by atoms with van der Waals surface area (Å²) in [6.45, 7) is 2.43. The molecule has 3 aromatic heterocycles. The van der Waals surface area contributed by atoms with E-state index in [2.05, 4.69) is 53.6 Å². The summed E-state index contributed by atoms with van der Waals surface area (Å²) in [6.07, 6.45) is 12.1. The molecule has 5 nitrogen and oxygen atoms in total. The van der Waals surface area contributed by atoms with Gasteiger partial charge in [-0.3, -0.25) is 4.68 Å². The van der Waals surface area contributed by atoms with Gasteiger partial charge in [-0.05, 0) is 49.8 Å². The number of piperidine rings is 1. The molecule has 0 radical (unpaired) electrons. The minimum absolute atomic E-state index is 0.613. The standard InChI is InChI=1S/C20H25N5/c1-12-16(7-15-4-5-19(12)25(15)3)13-6-17-18(10-22-20(17)21-8-13)14-9-23-24(2)11-14/h6,8-12,15-16,19H,4-5,7H2,1-3H3,(H,21,22). The van der Waals surface area contributed by atoms with Crippen molar-refractivity contribution in [3.63, 3.8) is 0 Å². The molecule has 4 unspecified atom stereocenters. The smallest absolute Gasteiger partial charge is 0.137 e. The van der Waals surface area contributed by atoms with Crippen LogP contribution in [-0.2, 0) is 7.05 Å². The second-order valence-electron chi connectivity index (χ2n) is 7.94. The third-order valence-electron chi connectivity index (χ3n) is 6.66. The molecule has 0 saturated carbocycles. The summed E-state index contributed by atoms with van der Waals surface area (Å²) in [5, 5.41) is 5.53. The SMILES string of the molecule is CC1C(c2cnc3[nH]cc(-c4cnn(C)c4)c3c2)CC2CCC1N2C. The van der Waals surface area contributed by atoms with E-state index in [1.54, 1.807) is 0 Å². The van der Waals surface area contributed by atoms with E-state index in [0.29, 0.717) is 11.8 Å². The fraction of sp³-hybridized carbons (Fsp3) is 0.500. The third kappa shape index (κ3) is 2.25. The minimum Gasteiger partial charge on any atom is -0.346 e. The number of nitrogens with zero attached hydrogens (tertiary/aromatic N) is 4. The maximum absolute atomic E-state index is 4.74. The summed E-state index contributed by atoms with van der Waals surface area (Å²) in [6, 6.07) is 3.84. The van der Waals surface area contributed by atoms with Gasteiger partial charge in [-0.1, -0.05) is 6.92 Å². The lowest BCUT2D eigenvalue weighted by molar-refractivity contribution is 0.110. The van der Waals surface area contributed by atoms with Crippen molar-refractivity contribution in [2.45, 2.75) is 44.2 Å². The molecule has 0 spiro atoms. The lowest BCUT2D eigenvalue weighted by Crippen LogP contribution is -2.44. The summed E-state index contributed by atoms with van der Waals surface area (Å²) in [5.74, 6) is 1.30. The molecular formula is C20H25N5. The van der Waals surface area contributed by atoms with Gasteiger partial charge in [0.15, 0.2) is 0 Å². The summed E-state index contributed by atoms with van der Waals surface area (Å²) >= 11 is 0. The molecule has 2 aliphatic rings. The average Bonchev–Trinajstić information content (AvgIpc) is 3.27. The number of aryl methyl sites for hydroxylation is 1. The Morgan fingerprint density at radius 3 is 2.88 bits per heavy atom. The lowest BCUT2D eigenvalue weighted by Gasteiger charge is -2.41. The highest BCUT2D eigenvalue weighted by Crippen LogP contribution is 2.46. The van der Waals surface area contributed by atoms with Crippen molar-refractivity contribution in [3.05, 3.63) is 36.4 Å². The molecule has 5 heterocycles. The Kier molecular flexibility index (Phi) is 3.29. The highest BCUT2D eigenvalue weighted by atomic mass is 15.2. The summed E-state index contributed by atoms with van der Waals surface area (Å²) in [4.78, 5) is 10.7. The van der Waals surface area contributed by atoms with Crippen molar-refractivity contribution < 1.29 is 0 Å². The summed E-state index contributed by atoms with van der Waals surface area (Å²) < 4.78 is 1.85. The first kappa shape index (κ1) is 15.1. The van der Waals surface area contributed by atoms with Crippen LogP contribution in [0.2, 0.25) is 0 Å². The van der Waals surface area contributed by atoms with Crippen molar-refractivity contribution in [1.82, 2.24) is 24.6 Å². The fourth-order valence-corrected chi connectivity index (χ4v) is 5.20. The predicted octanol–water partition coefficient (Wildman–Crippen LogP) is 3.55. The van der Waals surface area contributed by atoms with Crippen molar-refractivity contribution in [2.75, 3.05) is 7.05 Å².